The van der Waals surface area contributed by atoms with Crippen LogP contribution in [0.2, 0.25) is 0 Å². The zero-order valence-corrected chi connectivity index (χ0v) is 11.7. The molecule has 1 aromatic carbocycles. The molecular formula is C12H17BrN2O2. The molecule has 0 aliphatic carbocycles. The fourth-order valence-electron chi connectivity index (χ4n) is 1.43. The molecule has 0 radical (unpaired) electrons. The van der Waals surface area contributed by atoms with E-state index >= 15 is 0 Å². The first kappa shape index (κ1) is 14.0. The number of ether oxygens (including phenoxy) is 1. The summed E-state index contributed by atoms with van der Waals surface area (Å²) >= 11 is 3.31. The molecule has 0 heterocycles. The Morgan fingerprint density at radius 3 is 2.82 bits per heavy atom. The van der Waals surface area contributed by atoms with Crippen LogP contribution in [0.3, 0.4) is 0 Å². The second-order valence-electron chi connectivity index (χ2n) is 3.81. The van der Waals surface area contributed by atoms with Gasteiger partial charge < -0.3 is 15.4 Å². The van der Waals surface area contributed by atoms with Gasteiger partial charge in [-0.3, -0.25) is 4.79 Å². The van der Waals surface area contributed by atoms with Crippen molar-refractivity contribution in [3.63, 3.8) is 0 Å². The Hall–Kier alpha value is -1.07. The van der Waals surface area contributed by atoms with Crippen molar-refractivity contribution in [3.8, 4) is 0 Å². The second-order valence-corrected chi connectivity index (χ2v) is 4.66. The van der Waals surface area contributed by atoms with E-state index in [9.17, 15) is 4.79 Å². The summed E-state index contributed by atoms with van der Waals surface area (Å²) in [5.74, 6) is -0.0122. The largest absolute Gasteiger partial charge is 0.398 e. The summed E-state index contributed by atoms with van der Waals surface area (Å²) in [6.45, 7) is 1.33. The topological polar surface area (TPSA) is 55.6 Å². The fraction of sp³-hybridized carbons (Fsp3) is 0.417. The Bertz CT molecular complexity index is 396. The van der Waals surface area contributed by atoms with E-state index in [1.807, 2.05) is 0 Å². The van der Waals surface area contributed by atoms with Crippen LogP contribution in [0.15, 0.2) is 22.7 Å². The summed E-state index contributed by atoms with van der Waals surface area (Å²) in [5, 5.41) is 0. The molecular weight excluding hydrogens is 284 g/mol. The van der Waals surface area contributed by atoms with Crippen LogP contribution in [0, 0.1) is 0 Å². The van der Waals surface area contributed by atoms with E-state index in [-0.39, 0.29) is 5.91 Å². The van der Waals surface area contributed by atoms with Crippen LogP contribution in [-0.4, -0.2) is 38.1 Å². The zero-order chi connectivity index (χ0) is 12.8. The quantitative estimate of drug-likeness (QED) is 0.669. The number of rotatable bonds is 5. The highest BCUT2D eigenvalue weighted by Crippen LogP contribution is 2.21. The molecule has 0 aromatic heterocycles. The highest BCUT2D eigenvalue weighted by molar-refractivity contribution is 9.10. The standard InChI is InChI=1S/C12H17BrN2O2/c1-15(6-3-7-17-2)12(16)9-4-5-11(14)10(13)8-9/h4-5,8H,3,6-7,14H2,1-2H3. The molecule has 0 fully saturated rings. The van der Waals surface area contributed by atoms with Gasteiger partial charge in [0.05, 0.1) is 0 Å². The SMILES string of the molecule is COCCCN(C)C(=O)c1ccc(N)c(Br)c1. The molecule has 0 atom stereocenters. The van der Waals surface area contributed by atoms with E-state index in [2.05, 4.69) is 15.9 Å². The van der Waals surface area contributed by atoms with Crippen molar-refractivity contribution in [2.24, 2.45) is 0 Å². The summed E-state index contributed by atoms with van der Waals surface area (Å²) in [6, 6.07) is 5.19. The van der Waals surface area contributed by atoms with Crippen LogP contribution in [0.5, 0.6) is 0 Å². The third-order valence-corrected chi connectivity index (χ3v) is 3.12. The molecule has 0 saturated heterocycles. The zero-order valence-electron chi connectivity index (χ0n) is 10.1. The fourth-order valence-corrected chi connectivity index (χ4v) is 1.81. The number of nitrogen functional groups attached to an aromatic ring is 1. The number of benzene rings is 1. The van der Waals surface area contributed by atoms with Crippen molar-refractivity contribution in [3.05, 3.63) is 28.2 Å². The molecule has 0 aliphatic heterocycles. The van der Waals surface area contributed by atoms with Gasteiger partial charge in [-0.2, -0.15) is 0 Å². The lowest BCUT2D eigenvalue weighted by atomic mass is 10.2. The highest BCUT2D eigenvalue weighted by atomic mass is 79.9. The first-order chi connectivity index (χ1) is 8.06. The molecule has 4 nitrogen and oxygen atoms in total. The smallest absolute Gasteiger partial charge is 0.253 e. The van der Waals surface area contributed by atoms with Crippen LogP contribution in [0.25, 0.3) is 0 Å². The number of carbonyl (C=O) groups is 1. The van der Waals surface area contributed by atoms with Crippen LogP contribution < -0.4 is 5.73 Å². The van der Waals surface area contributed by atoms with E-state index < -0.39 is 0 Å². The molecule has 0 saturated carbocycles. The minimum atomic E-state index is -0.0122. The van der Waals surface area contributed by atoms with Crippen molar-refractivity contribution in [1.82, 2.24) is 4.90 Å². The molecule has 0 aliphatic rings. The van der Waals surface area contributed by atoms with E-state index in [0.29, 0.717) is 24.4 Å². The van der Waals surface area contributed by atoms with Gasteiger partial charge in [0.15, 0.2) is 0 Å². The number of methoxy groups -OCH3 is 1. The number of amides is 1. The first-order valence-corrected chi connectivity index (χ1v) is 6.15. The Labute approximate surface area is 110 Å². The summed E-state index contributed by atoms with van der Waals surface area (Å²) in [5.41, 5.74) is 6.93. The second kappa shape index (κ2) is 6.61. The molecule has 94 valence electrons. The lowest BCUT2D eigenvalue weighted by Crippen LogP contribution is -2.28. The van der Waals surface area contributed by atoms with Gasteiger partial charge in [0.1, 0.15) is 0 Å². The van der Waals surface area contributed by atoms with Crippen molar-refractivity contribution in [2.45, 2.75) is 6.42 Å². The third kappa shape index (κ3) is 4.02. The number of anilines is 1. The van der Waals surface area contributed by atoms with Crippen LogP contribution >= 0.6 is 15.9 Å². The van der Waals surface area contributed by atoms with Gasteiger partial charge in [-0.1, -0.05) is 0 Å². The lowest BCUT2D eigenvalue weighted by Gasteiger charge is -2.17. The maximum Gasteiger partial charge on any atom is 0.253 e. The number of carbonyl (C=O) groups excluding carboxylic acids is 1. The number of nitrogens with two attached hydrogens (primary N) is 1. The lowest BCUT2D eigenvalue weighted by molar-refractivity contribution is 0.0779. The minimum absolute atomic E-state index is 0.0122. The summed E-state index contributed by atoms with van der Waals surface area (Å²) in [7, 11) is 3.43. The molecule has 17 heavy (non-hydrogen) atoms. The Balaban J connectivity index is 2.65. The van der Waals surface area contributed by atoms with Gasteiger partial charge in [0, 0.05) is 43.0 Å². The Morgan fingerprint density at radius 2 is 2.24 bits per heavy atom. The molecule has 0 bridgehead atoms. The summed E-state index contributed by atoms with van der Waals surface area (Å²) < 4.78 is 5.69. The normalized spacial score (nSPS) is 10.3. The average molecular weight is 301 g/mol. The summed E-state index contributed by atoms with van der Waals surface area (Å²) in [6.07, 6.45) is 0.828. The minimum Gasteiger partial charge on any atom is -0.398 e. The predicted octanol–water partition coefficient (Wildman–Crippen LogP) is 2.14. The summed E-state index contributed by atoms with van der Waals surface area (Å²) in [4.78, 5) is 13.7. The van der Waals surface area contributed by atoms with Gasteiger partial charge in [-0.05, 0) is 40.5 Å². The molecule has 1 rings (SSSR count). The maximum atomic E-state index is 12.0. The average Bonchev–Trinajstić information content (AvgIpc) is 2.32. The van der Waals surface area contributed by atoms with E-state index in [0.717, 1.165) is 10.9 Å². The highest BCUT2D eigenvalue weighted by Gasteiger charge is 2.12. The Kier molecular flexibility index (Phi) is 5.44. The number of hydrogen-bond acceptors (Lipinski definition) is 3. The maximum absolute atomic E-state index is 12.0. The molecule has 2 N–H and O–H groups in total. The van der Waals surface area contributed by atoms with Gasteiger partial charge >= 0.3 is 0 Å². The molecule has 0 spiro atoms. The van der Waals surface area contributed by atoms with Gasteiger partial charge in [0.25, 0.3) is 5.91 Å². The number of nitrogens with zero attached hydrogens (tertiary/aromatic N) is 1. The molecule has 0 unspecified atom stereocenters. The van der Waals surface area contributed by atoms with Gasteiger partial charge in [-0.15, -0.1) is 0 Å². The van der Waals surface area contributed by atoms with E-state index in [1.54, 1.807) is 37.3 Å². The number of hydrogen-bond donors (Lipinski definition) is 1. The number of halogens is 1. The molecule has 5 heteroatoms. The van der Waals surface area contributed by atoms with E-state index in [1.165, 1.54) is 0 Å². The molecule has 1 aromatic rings. The van der Waals surface area contributed by atoms with Crippen LogP contribution in [-0.2, 0) is 4.74 Å². The third-order valence-electron chi connectivity index (χ3n) is 2.44. The monoisotopic (exact) mass is 300 g/mol. The Morgan fingerprint density at radius 1 is 1.53 bits per heavy atom. The molecule has 1 amide bonds. The van der Waals surface area contributed by atoms with Crippen molar-refractivity contribution < 1.29 is 9.53 Å². The van der Waals surface area contributed by atoms with Crippen LogP contribution in [0.1, 0.15) is 16.8 Å². The first-order valence-electron chi connectivity index (χ1n) is 5.35. The predicted molar refractivity (Wildman–Crippen MR) is 72.0 cm³/mol. The van der Waals surface area contributed by atoms with E-state index in [4.69, 9.17) is 10.5 Å². The van der Waals surface area contributed by atoms with Gasteiger partial charge in [0.2, 0.25) is 0 Å². The van der Waals surface area contributed by atoms with Crippen molar-refractivity contribution >= 4 is 27.5 Å². The van der Waals surface area contributed by atoms with Gasteiger partial charge in [-0.25, -0.2) is 0 Å². The van der Waals surface area contributed by atoms with Crippen molar-refractivity contribution in [2.75, 3.05) is 33.0 Å². The van der Waals surface area contributed by atoms with Crippen LogP contribution in [0.4, 0.5) is 5.69 Å². The van der Waals surface area contributed by atoms with Crippen molar-refractivity contribution in [1.29, 1.82) is 0 Å².